The predicted molar refractivity (Wildman–Crippen MR) is 145 cm³/mol. The van der Waals surface area contributed by atoms with Crippen molar-refractivity contribution in [1.82, 2.24) is 14.5 Å². The van der Waals surface area contributed by atoms with Gasteiger partial charge in [0, 0.05) is 49.1 Å². The number of Topliss-reactive ketones (excluding diaryl/α,β-unsaturated/α-hetero) is 1. The van der Waals surface area contributed by atoms with E-state index in [9.17, 15) is 14.0 Å². The SMILES string of the molecule is CC(c1ccccc1)n1cc(CC(=O)C2CCOCC2)c(=O)nc1Nc1ccc(Oc2cccc(F)n2)cc1. The van der Waals surface area contributed by atoms with Crippen LogP contribution in [0.1, 0.15) is 36.9 Å². The van der Waals surface area contributed by atoms with Gasteiger partial charge in [0.1, 0.15) is 11.5 Å². The van der Waals surface area contributed by atoms with Crippen LogP contribution in [0.4, 0.5) is 16.0 Å². The first-order valence-corrected chi connectivity index (χ1v) is 12.9. The van der Waals surface area contributed by atoms with Crippen LogP contribution >= 0.6 is 0 Å². The Morgan fingerprint density at radius 2 is 1.79 bits per heavy atom. The van der Waals surface area contributed by atoms with E-state index in [2.05, 4.69) is 15.3 Å². The fraction of sp³-hybridized carbons (Fsp3) is 0.267. The molecule has 39 heavy (non-hydrogen) atoms. The van der Waals surface area contributed by atoms with Crippen LogP contribution in [0.25, 0.3) is 0 Å². The van der Waals surface area contributed by atoms with Gasteiger partial charge in [0.15, 0.2) is 0 Å². The first-order chi connectivity index (χ1) is 19.0. The topological polar surface area (TPSA) is 95.3 Å². The summed E-state index contributed by atoms with van der Waals surface area (Å²) in [4.78, 5) is 34.0. The number of rotatable bonds is 9. The monoisotopic (exact) mass is 528 g/mol. The number of carbonyl (C=O) groups is 1. The summed E-state index contributed by atoms with van der Waals surface area (Å²) in [5.74, 6) is 0.288. The Balaban J connectivity index is 1.41. The number of benzene rings is 2. The van der Waals surface area contributed by atoms with Crippen molar-refractivity contribution in [2.24, 2.45) is 5.92 Å². The van der Waals surface area contributed by atoms with Gasteiger partial charge in [-0.2, -0.15) is 14.4 Å². The van der Waals surface area contributed by atoms with Crippen LogP contribution in [0, 0.1) is 11.9 Å². The van der Waals surface area contributed by atoms with Crippen molar-refractivity contribution in [3.63, 3.8) is 0 Å². The van der Waals surface area contributed by atoms with E-state index in [0.717, 1.165) is 5.56 Å². The standard InChI is InChI=1S/C30H29FN4O4/c1-20(21-6-3-2-4-7-21)35-19-23(18-26(36)22-14-16-38-17-15-22)29(37)34-30(35)32-24-10-12-25(13-11-24)39-28-9-5-8-27(31)33-28/h2-13,19-20,22H,14-18H2,1H3,(H,32,34,37). The maximum absolute atomic E-state index is 13.4. The number of anilines is 2. The lowest BCUT2D eigenvalue weighted by Gasteiger charge is -2.23. The smallest absolute Gasteiger partial charge is 0.278 e. The molecule has 0 spiro atoms. The van der Waals surface area contributed by atoms with Crippen molar-refractivity contribution in [3.05, 3.63) is 106 Å². The van der Waals surface area contributed by atoms with Crippen LogP contribution in [0.15, 0.2) is 83.8 Å². The molecule has 1 fully saturated rings. The Bertz CT molecular complexity index is 1490. The highest BCUT2D eigenvalue weighted by atomic mass is 19.1. The van der Waals surface area contributed by atoms with E-state index >= 15 is 0 Å². The predicted octanol–water partition coefficient (Wildman–Crippen LogP) is 5.46. The normalized spacial score (nSPS) is 14.5. The molecular weight excluding hydrogens is 499 g/mol. The molecule has 4 aromatic rings. The quantitative estimate of drug-likeness (QED) is 0.288. The van der Waals surface area contributed by atoms with Gasteiger partial charge in [0.2, 0.25) is 17.8 Å². The van der Waals surface area contributed by atoms with E-state index in [-0.39, 0.29) is 30.0 Å². The number of hydrogen-bond acceptors (Lipinski definition) is 7. The molecule has 0 aliphatic carbocycles. The van der Waals surface area contributed by atoms with Gasteiger partial charge in [-0.3, -0.25) is 9.59 Å². The summed E-state index contributed by atoms with van der Waals surface area (Å²) in [5.41, 5.74) is 1.62. The summed E-state index contributed by atoms with van der Waals surface area (Å²) in [5, 5.41) is 3.23. The second kappa shape index (κ2) is 12.0. The largest absolute Gasteiger partial charge is 0.439 e. The lowest BCUT2D eigenvalue weighted by Crippen LogP contribution is -2.28. The summed E-state index contributed by atoms with van der Waals surface area (Å²) >= 11 is 0. The first kappa shape index (κ1) is 26.2. The van der Waals surface area contributed by atoms with Gasteiger partial charge < -0.3 is 19.4 Å². The molecule has 0 bridgehead atoms. The van der Waals surface area contributed by atoms with Crippen molar-refractivity contribution in [2.75, 3.05) is 18.5 Å². The van der Waals surface area contributed by atoms with Crippen LogP contribution in [-0.4, -0.2) is 33.5 Å². The Morgan fingerprint density at radius 3 is 2.51 bits per heavy atom. The van der Waals surface area contributed by atoms with Crippen molar-refractivity contribution >= 4 is 17.4 Å². The average Bonchev–Trinajstić information content (AvgIpc) is 2.96. The van der Waals surface area contributed by atoms with Crippen molar-refractivity contribution in [3.8, 4) is 11.6 Å². The minimum absolute atomic E-state index is 0.0401. The zero-order valence-electron chi connectivity index (χ0n) is 21.5. The molecule has 0 radical (unpaired) electrons. The molecule has 1 unspecified atom stereocenters. The highest BCUT2D eigenvalue weighted by molar-refractivity contribution is 5.83. The van der Waals surface area contributed by atoms with E-state index in [0.29, 0.717) is 49.0 Å². The maximum Gasteiger partial charge on any atom is 0.278 e. The Hall–Kier alpha value is -4.37. The number of ketones is 1. The molecular formula is C30H29FN4O4. The highest BCUT2D eigenvalue weighted by Gasteiger charge is 2.24. The van der Waals surface area contributed by atoms with Gasteiger partial charge in [-0.15, -0.1) is 0 Å². The summed E-state index contributed by atoms with van der Waals surface area (Å²) in [6.07, 6.45) is 3.13. The van der Waals surface area contributed by atoms with Crippen molar-refractivity contribution < 1.29 is 18.7 Å². The summed E-state index contributed by atoms with van der Waals surface area (Å²) < 4.78 is 26.2. The number of halogens is 1. The zero-order valence-corrected chi connectivity index (χ0v) is 21.5. The molecule has 0 amide bonds. The minimum Gasteiger partial charge on any atom is -0.439 e. The van der Waals surface area contributed by atoms with Crippen LogP contribution in [-0.2, 0) is 16.0 Å². The fourth-order valence-corrected chi connectivity index (χ4v) is 4.57. The molecule has 1 aliphatic heterocycles. The average molecular weight is 529 g/mol. The first-order valence-electron chi connectivity index (χ1n) is 12.9. The summed E-state index contributed by atoms with van der Waals surface area (Å²) in [6, 6.07) is 21.0. The van der Waals surface area contributed by atoms with E-state index in [1.54, 1.807) is 36.5 Å². The van der Waals surface area contributed by atoms with E-state index in [1.807, 2.05) is 41.8 Å². The van der Waals surface area contributed by atoms with Gasteiger partial charge in [-0.1, -0.05) is 36.4 Å². The molecule has 5 rings (SSSR count). The van der Waals surface area contributed by atoms with Crippen LogP contribution in [0.2, 0.25) is 0 Å². The lowest BCUT2D eigenvalue weighted by atomic mass is 9.92. The molecule has 2 aromatic heterocycles. The molecule has 1 saturated heterocycles. The third kappa shape index (κ3) is 6.56. The van der Waals surface area contributed by atoms with E-state index < -0.39 is 11.5 Å². The van der Waals surface area contributed by atoms with Gasteiger partial charge >= 0.3 is 0 Å². The van der Waals surface area contributed by atoms with Crippen LogP contribution < -0.4 is 15.6 Å². The molecule has 2 aromatic carbocycles. The van der Waals surface area contributed by atoms with E-state index in [4.69, 9.17) is 9.47 Å². The number of carbonyl (C=O) groups excluding carboxylic acids is 1. The molecule has 1 aliphatic rings. The van der Waals surface area contributed by atoms with Gasteiger partial charge in [0.05, 0.1) is 6.04 Å². The highest BCUT2D eigenvalue weighted by Crippen LogP contribution is 2.26. The molecule has 8 nitrogen and oxygen atoms in total. The summed E-state index contributed by atoms with van der Waals surface area (Å²) in [6.45, 7) is 3.14. The van der Waals surface area contributed by atoms with Gasteiger partial charge in [0.25, 0.3) is 5.56 Å². The third-order valence-corrected chi connectivity index (χ3v) is 6.78. The van der Waals surface area contributed by atoms with Crippen molar-refractivity contribution in [1.29, 1.82) is 0 Å². The number of ether oxygens (including phenoxy) is 2. The minimum atomic E-state index is -0.625. The number of hydrogen-bond donors (Lipinski definition) is 1. The van der Waals surface area contributed by atoms with Crippen molar-refractivity contribution in [2.45, 2.75) is 32.2 Å². The lowest BCUT2D eigenvalue weighted by molar-refractivity contribution is -0.125. The Kier molecular flexibility index (Phi) is 8.07. The van der Waals surface area contributed by atoms with E-state index in [1.165, 1.54) is 12.1 Å². The molecule has 200 valence electrons. The molecule has 1 N–H and O–H groups in total. The van der Waals surface area contributed by atoms with Crippen LogP contribution in [0.3, 0.4) is 0 Å². The second-order valence-electron chi connectivity index (χ2n) is 9.47. The number of nitrogens with one attached hydrogen (secondary N) is 1. The number of aromatic nitrogens is 3. The number of pyridine rings is 1. The number of nitrogens with zero attached hydrogens (tertiary/aromatic N) is 3. The molecule has 0 saturated carbocycles. The maximum atomic E-state index is 13.4. The third-order valence-electron chi connectivity index (χ3n) is 6.78. The van der Waals surface area contributed by atoms with Gasteiger partial charge in [-0.05, 0) is 55.7 Å². The zero-order chi connectivity index (χ0) is 27.2. The molecule has 1 atom stereocenters. The van der Waals surface area contributed by atoms with Crippen LogP contribution in [0.5, 0.6) is 11.6 Å². The molecule has 3 heterocycles. The Morgan fingerprint density at radius 1 is 1.05 bits per heavy atom. The second-order valence-corrected chi connectivity index (χ2v) is 9.47. The Labute approximate surface area is 225 Å². The molecule has 9 heteroatoms. The summed E-state index contributed by atoms with van der Waals surface area (Å²) in [7, 11) is 0. The van der Waals surface area contributed by atoms with Gasteiger partial charge in [-0.25, -0.2) is 0 Å². The fourth-order valence-electron chi connectivity index (χ4n) is 4.57.